The zero-order valence-corrected chi connectivity index (χ0v) is 14.7. The summed E-state index contributed by atoms with van der Waals surface area (Å²) in [7, 11) is 0. The number of pyridine rings is 1. The summed E-state index contributed by atoms with van der Waals surface area (Å²) in [6.07, 6.45) is 4.55. The third kappa shape index (κ3) is 2.73. The molecule has 3 heterocycles. The Labute approximate surface area is 142 Å². The number of fused-ring (bicyclic) bond motifs is 5. The van der Waals surface area contributed by atoms with E-state index in [2.05, 4.69) is 11.5 Å². The monoisotopic (exact) mass is 327 g/mol. The Bertz CT molecular complexity index is 841. The van der Waals surface area contributed by atoms with Crippen LogP contribution in [-0.4, -0.2) is 22.8 Å². The number of hydrogen-bond acceptors (Lipinski definition) is 3. The van der Waals surface area contributed by atoms with Crippen molar-refractivity contribution in [2.24, 2.45) is 0 Å². The fourth-order valence-corrected chi connectivity index (χ4v) is 3.48. The van der Waals surface area contributed by atoms with Gasteiger partial charge in [-0.15, -0.1) is 0 Å². The van der Waals surface area contributed by atoms with Gasteiger partial charge in [-0.1, -0.05) is 39.3 Å². The van der Waals surface area contributed by atoms with Gasteiger partial charge in [0.25, 0.3) is 0 Å². The van der Waals surface area contributed by atoms with E-state index >= 15 is 0 Å². The highest BCUT2D eigenvalue weighted by Gasteiger charge is 2.25. The summed E-state index contributed by atoms with van der Waals surface area (Å²) in [5.41, 5.74) is 2.55. The highest BCUT2D eigenvalue weighted by atomic mass is 16.5. The van der Waals surface area contributed by atoms with Crippen molar-refractivity contribution < 1.29 is 9.47 Å². The molecule has 1 aliphatic rings. The molecule has 4 rings (SSSR count). The summed E-state index contributed by atoms with van der Waals surface area (Å²) in [5.74, 6) is 1.03. The van der Waals surface area contributed by atoms with Crippen LogP contribution in [0, 0.1) is 5.21 Å². The molecule has 3 aromatic rings. The first-order valence-corrected chi connectivity index (χ1v) is 8.89. The molecule has 5 nitrogen and oxygen atoms in total. The summed E-state index contributed by atoms with van der Waals surface area (Å²) in [6.45, 7) is 7.60. The number of hydrogen-bond donors (Lipinski definition) is 0. The molecule has 0 aliphatic carbocycles. The van der Waals surface area contributed by atoms with Crippen LogP contribution >= 0.6 is 0 Å². The second-order valence-electron chi connectivity index (χ2n) is 5.87. The van der Waals surface area contributed by atoms with Crippen LogP contribution in [0.4, 0.5) is 0 Å². The molecule has 0 saturated carbocycles. The minimum absolute atomic E-state index is 0.290. The van der Waals surface area contributed by atoms with Crippen molar-refractivity contribution in [2.45, 2.75) is 46.1 Å². The Kier molecular flexibility index (Phi) is 5.00. The first-order valence-electron chi connectivity index (χ1n) is 8.89. The summed E-state index contributed by atoms with van der Waals surface area (Å²) in [4.78, 5) is 4.72. The van der Waals surface area contributed by atoms with Gasteiger partial charge in [-0.05, 0) is 12.5 Å². The molecule has 1 aromatic carbocycles. The lowest BCUT2D eigenvalue weighted by atomic mass is 10.1. The first-order chi connectivity index (χ1) is 11.8. The molecular weight excluding hydrogens is 302 g/mol. The largest absolute Gasteiger partial charge is 0.618 e. The van der Waals surface area contributed by atoms with Crippen molar-refractivity contribution in [3.8, 4) is 0 Å². The van der Waals surface area contributed by atoms with Crippen molar-refractivity contribution in [1.29, 1.82) is 0 Å². The van der Waals surface area contributed by atoms with Crippen LogP contribution in [0.5, 0.6) is 0 Å². The van der Waals surface area contributed by atoms with E-state index in [4.69, 9.17) is 9.72 Å². The molecule has 1 unspecified atom stereocenters. The zero-order valence-electron chi connectivity index (χ0n) is 14.7. The summed E-state index contributed by atoms with van der Waals surface area (Å²) >= 11 is 0. The molecule has 0 fully saturated rings. The van der Waals surface area contributed by atoms with Gasteiger partial charge >= 0.3 is 0 Å². The lowest BCUT2D eigenvalue weighted by molar-refractivity contribution is -0.575. The van der Waals surface area contributed by atoms with Gasteiger partial charge in [0.1, 0.15) is 5.82 Å². The average Bonchev–Trinajstić information content (AvgIpc) is 2.87. The van der Waals surface area contributed by atoms with Crippen LogP contribution in [0.15, 0.2) is 30.5 Å². The lowest BCUT2D eigenvalue weighted by Gasteiger charge is -2.18. The third-order valence-electron chi connectivity index (χ3n) is 4.41. The van der Waals surface area contributed by atoms with E-state index in [0.29, 0.717) is 24.8 Å². The molecule has 0 saturated heterocycles. The molecule has 1 aliphatic heterocycles. The van der Waals surface area contributed by atoms with E-state index in [1.807, 2.05) is 38.1 Å². The molecule has 0 spiro atoms. The van der Waals surface area contributed by atoms with E-state index < -0.39 is 0 Å². The van der Waals surface area contributed by atoms with Crippen LogP contribution in [0.1, 0.15) is 45.5 Å². The standard InChI is InChI=1S/C17H19N3O2.C2H6/c1-2-5-12-11-22-9-8-16-18-14-10-19(21)15-7-4-3-6-13(15)17(14)20(12)16;1-2/h3-4,6-7,10,12H,2,5,8-9,11H2,1H3;1-2H3. The molecule has 0 N–H and O–H groups in total. The number of rotatable bonds is 2. The predicted molar refractivity (Wildman–Crippen MR) is 96.0 cm³/mol. The van der Waals surface area contributed by atoms with E-state index in [0.717, 1.165) is 46.2 Å². The second kappa shape index (κ2) is 7.18. The second-order valence-corrected chi connectivity index (χ2v) is 5.87. The molecule has 1 atom stereocenters. The highest BCUT2D eigenvalue weighted by Crippen LogP contribution is 2.30. The van der Waals surface area contributed by atoms with E-state index in [1.165, 1.54) is 0 Å². The molecule has 5 heteroatoms. The summed E-state index contributed by atoms with van der Waals surface area (Å²) in [6, 6.07) is 8.04. The zero-order chi connectivity index (χ0) is 17.1. The maximum absolute atomic E-state index is 12.2. The molecule has 128 valence electrons. The third-order valence-corrected chi connectivity index (χ3v) is 4.41. The number of aromatic nitrogens is 3. The Morgan fingerprint density at radius 2 is 2.12 bits per heavy atom. The SMILES string of the molecule is CC.CCCC1COCCc2nc3c[n+]([O-])c4ccccc4c3n21. The van der Waals surface area contributed by atoms with Crippen LogP contribution in [0.25, 0.3) is 21.9 Å². The summed E-state index contributed by atoms with van der Waals surface area (Å²) < 4.78 is 9.00. The molecule has 2 aromatic heterocycles. The first kappa shape index (κ1) is 16.7. The minimum Gasteiger partial charge on any atom is -0.618 e. The van der Waals surface area contributed by atoms with Crippen LogP contribution < -0.4 is 4.73 Å². The fraction of sp³-hybridized carbons (Fsp3) is 0.474. The average molecular weight is 327 g/mol. The predicted octanol–water partition coefficient (Wildman–Crippen LogP) is 3.76. The van der Waals surface area contributed by atoms with Gasteiger partial charge in [-0.2, -0.15) is 4.73 Å². The van der Waals surface area contributed by atoms with Crippen LogP contribution in [0.2, 0.25) is 0 Å². The Morgan fingerprint density at radius 1 is 1.33 bits per heavy atom. The maximum Gasteiger partial charge on any atom is 0.226 e. The number of imidazole rings is 1. The minimum atomic E-state index is 0.290. The normalized spacial score (nSPS) is 17.2. The quantitative estimate of drug-likeness (QED) is 0.532. The number of para-hydroxylation sites is 1. The molecular formula is C19H25N3O2. The van der Waals surface area contributed by atoms with Gasteiger partial charge in [0, 0.05) is 12.5 Å². The van der Waals surface area contributed by atoms with E-state index in [9.17, 15) is 5.21 Å². The molecule has 0 amide bonds. The van der Waals surface area contributed by atoms with Gasteiger partial charge < -0.3 is 14.5 Å². The number of benzene rings is 1. The van der Waals surface area contributed by atoms with Gasteiger partial charge in [0.2, 0.25) is 11.7 Å². The van der Waals surface area contributed by atoms with Gasteiger partial charge in [0.15, 0.2) is 5.52 Å². The van der Waals surface area contributed by atoms with Gasteiger partial charge in [0.05, 0.1) is 30.2 Å². The van der Waals surface area contributed by atoms with Crippen molar-refractivity contribution in [3.63, 3.8) is 0 Å². The Morgan fingerprint density at radius 3 is 2.92 bits per heavy atom. The molecule has 24 heavy (non-hydrogen) atoms. The summed E-state index contributed by atoms with van der Waals surface area (Å²) in [5, 5.41) is 13.2. The van der Waals surface area contributed by atoms with Crippen LogP contribution in [-0.2, 0) is 11.2 Å². The van der Waals surface area contributed by atoms with Crippen molar-refractivity contribution in [2.75, 3.05) is 13.2 Å². The number of ether oxygens (including phenoxy) is 1. The van der Waals surface area contributed by atoms with Crippen molar-refractivity contribution >= 4 is 21.9 Å². The number of nitrogens with zero attached hydrogens (tertiary/aromatic N) is 3. The maximum atomic E-state index is 12.2. The van der Waals surface area contributed by atoms with E-state index in [-0.39, 0.29) is 0 Å². The molecule has 0 bridgehead atoms. The van der Waals surface area contributed by atoms with Crippen molar-refractivity contribution in [3.05, 3.63) is 41.5 Å². The van der Waals surface area contributed by atoms with Crippen molar-refractivity contribution in [1.82, 2.24) is 9.55 Å². The molecule has 0 radical (unpaired) electrons. The lowest BCUT2D eigenvalue weighted by Crippen LogP contribution is -2.26. The topological polar surface area (TPSA) is 54.0 Å². The van der Waals surface area contributed by atoms with Crippen LogP contribution in [0.3, 0.4) is 0 Å². The highest BCUT2D eigenvalue weighted by molar-refractivity contribution is 6.00. The Hall–Kier alpha value is -2.14. The smallest absolute Gasteiger partial charge is 0.226 e. The van der Waals surface area contributed by atoms with E-state index in [1.54, 1.807) is 6.20 Å². The van der Waals surface area contributed by atoms with Gasteiger partial charge in [-0.3, -0.25) is 0 Å². The fourth-order valence-electron chi connectivity index (χ4n) is 3.48. The van der Waals surface area contributed by atoms with Gasteiger partial charge in [-0.25, -0.2) is 4.98 Å². The Balaban J connectivity index is 0.000000815.